The van der Waals surface area contributed by atoms with Crippen LogP contribution in [0.2, 0.25) is 0 Å². The van der Waals surface area contributed by atoms with E-state index < -0.39 is 0 Å². The molecule has 0 aromatic heterocycles. The Hall–Kier alpha value is -0.900. The minimum Gasteiger partial charge on any atom is -0.328 e. The fourth-order valence-electron chi connectivity index (χ4n) is 4.02. The highest BCUT2D eigenvalue weighted by Crippen LogP contribution is 2.44. The molecule has 2 atom stereocenters. The molecule has 4 heteroatoms. The van der Waals surface area contributed by atoms with Crippen molar-refractivity contribution in [3.05, 3.63) is 0 Å². The van der Waals surface area contributed by atoms with Gasteiger partial charge in [0, 0.05) is 12.1 Å². The van der Waals surface area contributed by atoms with Crippen LogP contribution in [0.5, 0.6) is 0 Å². The summed E-state index contributed by atoms with van der Waals surface area (Å²) < 4.78 is 0. The number of hydrogen-bond donors (Lipinski definition) is 1. The molecule has 2 aliphatic carbocycles. The highest BCUT2D eigenvalue weighted by molar-refractivity contribution is 6.05. The van der Waals surface area contributed by atoms with E-state index >= 15 is 0 Å². The molecule has 2 amide bonds. The number of rotatable bonds is 1. The molecule has 1 heterocycles. The first-order valence-electron chi connectivity index (χ1n) is 7.20. The molecule has 0 bridgehead atoms. The largest absolute Gasteiger partial charge is 0.328 e. The van der Waals surface area contributed by atoms with Gasteiger partial charge >= 0.3 is 0 Å². The second kappa shape index (κ2) is 4.34. The van der Waals surface area contributed by atoms with Gasteiger partial charge in [0.25, 0.3) is 0 Å². The lowest BCUT2D eigenvalue weighted by atomic mass is 9.90. The molecule has 4 nitrogen and oxygen atoms in total. The number of hydrogen-bond acceptors (Lipinski definition) is 3. The molecule has 0 aromatic rings. The van der Waals surface area contributed by atoms with Crippen LogP contribution in [0.1, 0.15) is 45.4 Å². The van der Waals surface area contributed by atoms with Gasteiger partial charge in [-0.1, -0.05) is 6.92 Å². The maximum atomic E-state index is 12.4. The van der Waals surface area contributed by atoms with Gasteiger partial charge in [0.2, 0.25) is 11.8 Å². The average molecular weight is 250 g/mol. The molecule has 3 aliphatic rings. The minimum absolute atomic E-state index is 0.0110. The van der Waals surface area contributed by atoms with Crippen molar-refractivity contribution in [1.29, 1.82) is 0 Å². The van der Waals surface area contributed by atoms with Crippen molar-refractivity contribution in [2.75, 3.05) is 0 Å². The summed E-state index contributed by atoms with van der Waals surface area (Å²) in [4.78, 5) is 26.4. The van der Waals surface area contributed by atoms with Crippen molar-refractivity contribution in [1.82, 2.24) is 4.90 Å². The summed E-state index contributed by atoms with van der Waals surface area (Å²) in [6, 6.07) is 0.388. The molecule has 3 rings (SSSR count). The maximum absolute atomic E-state index is 12.4. The summed E-state index contributed by atoms with van der Waals surface area (Å²) in [5.41, 5.74) is 5.89. The molecule has 0 aromatic carbocycles. The molecule has 0 spiro atoms. The third kappa shape index (κ3) is 1.78. The number of carbonyl (C=O) groups is 2. The Kier molecular flexibility index (Phi) is 2.93. The Balaban J connectivity index is 1.75. The Labute approximate surface area is 108 Å². The van der Waals surface area contributed by atoms with Crippen LogP contribution in [-0.4, -0.2) is 28.8 Å². The lowest BCUT2D eigenvalue weighted by Crippen LogP contribution is -2.45. The van der Waals surface area contributed by atoms with Crippen molar-refractivity contribution in [3.63, 3.8) is 0 Å². The van der Waals surface area contributed by atoms with E-state index in [1.165, 1.54) is 0 Å². The SMILES string of the molecule is CC1CC2C(=O)N(C3CCC(N)CC3)C(=O)C2C1. The van der Waals surface area contributed by atoms with E-state index in [0.717, 1.165) is 38.5 Å². The van der Waals surface area contributed by atoms with Crippen LogP contribution < -0.4 is 5.73 Å². The van der Waals surface area contributed by atoms with Gasteiger partial charge in [-0.05, 0) is 44.4 Å². The Morgan fingerprint density at radius 1 is 1.00 bits per heavy atom. The molecule has 3 fully saturated rings. The molecule has 2 saturated carbocycles. The molecular weight excluding hydrogens is 228 g/mol. The number of carbonyl (C=O) groups excluding carboxylic acids is 2. The number of nitrogens with two attached hydrogens (primary N) is 1. The number of fused-ring (bicyclic) bond motifs is 1. The van der Waals surface area contributed by atoms with Gasteiger partial charge in [-0.15, -0.1) is 0 Å². The second-order valence-electron chi connectivity index (χ2n) is 6.40. The Bertz CT molecular complexity index is 350. The predicted octanol–water partition coefficient (Wildman–Crippen LogP) is 1.29. The van der Waals surface area contributed by atoms with Crippen LogP contribution in [0.15, 0.2) is 0 Å². The van der Waals surface area contributed by atoms with Crippen molar-refractivity contribution >= 4 is 11.8 Å². The Morgan fingerprint density at radius 2 is 1.50 bits per heavy atom. The van der Waals surface area contributed by atoms with Crippen molar-refractivity contribution in [2.45, 2.75) is 57.5 Å². The molecule has 0 radical (unpaired) electrons. The average Bonchev–Trinajstić information content (AvgIpc) is 2.82. The van der Waals surface area contributed by atoms with Gasteiger partial charge < -0.3 is 5.73 Å². The molecule has 2 unspecified atom stereocenters. The van der Waals surface area contributed by atoms with E-state index in [0.29, 0.717) is 5.92 Å². The normalized spacial score (nSPS) is 44.6. The van der Waals surface area contributed by atoms with Gasteiger partial charge in [-0.3, -0.25) is 14.5 Å². The van der Waals surface area contributed by atoms with Crippen LogP contribution in [-0.2, 0) is 9.59 Å². The third-order valence-electron chi connectivity index (χ3n) is 5.01. The van der Waals surface area contributed by atoms with E-state index in [9.17, 15) is 9.59 Å². The van der Waals surface area contributed by atoms with Crippen molar-refractivity contribution in [3.8, 4) is 0 Å². The highest BCUT2D eigenvalue weighted by Gasteiger charge is 2.53. The van der Waals surface area contributed by atoms with Gasteiger partial charge in [-0.2, -0.15) is 0 Å². The van der Waals surface area contributed by atoms with Crippen molar-refractivity contribution < 1.29 is 9.59 Å². The fraction of sp³-hybridized carbons (Fsp3) is 0.857. The van der Waals surface area contributed by atoms with Crippen LogP contribution in [0.25, 0.3) is 0 Å². The van der Waals surface area contributed by atoms with Gasteiger partial charge in [-0.25, -0.2) is 0 Å². The number of nitrogens with zero attached hydrogens (tertiary/aromatic N) is 1. The fourth-order valence-corrected chi connectivity index (χ4v) is 4.02. The zero-order chi connectivity index (χ0) is 12.9. The topological polar surface area (TPSA) is 63.4 Å². The molecule has 100 valence electrons. The maximum Gasteiger partial charge on any atom is 0.233 e. The molecule has 18 heavy (non-hydrogen) atoms. The standard InChI is InChI=1S/C14H22N2O2/c1-8-6-11-12(7-8)14(18)16(13(11)17)10-4-2-9(15)3-5-10/h8-12H,2-7,15H2,1H3. The highest BCUT2D eigenvalue weighted by atomic mass is 16.2. The third-order valence-corrected chi connectivity index (χ3v) is 5.01. The van der Waals surface area contributed by atoms with Crippen LogP contribution >= 0.6 is 0 Å². The van der Waals surface area contributed by atoms with E-state index in [2.05, 4.69) is 6.92 Å². The summed E-state index contributed by atoms with van der Waals surface area (Å²) in [7, 11) is 0. The molecular formula is C14H22N2O2. The first-order chi connectivity index (χ1) is 8.58. The number of amides is 2. The summed E-state index contributed by atoms with van der Waals surface area (Å²) in [5.74, 6) is 0.714. The van der Waals surface area contributed by atoms with E-state index in [-0.39, 0.29) is 35.7 Å². The zero-order valence-electron chi connectivity index (χ0n) is 11.0. The minimum atomic E-state index is -0.0110. The first kappa shape index (κ1) is 12.2. The summed E-state index contributed by atoms with van der Waals surface area (Å²) in [6.07, 6.45) is 5.47. The van der Waals surface area contributed by atoms with Gasteiger partial charge in [0.1, 0.15) is 0 Å². The first-order valence-corrected chi connectivity index (χ1v) is 7.20. The van der Waals surface area contributed by atoms with Crippen molar-refractivity contribution in [2.24, 2.45) is 23.5 Å². The lowest BCUT2D eigenvalue weighted by molar-refractivity contribution is -0.144. The van der Waals surface area contributed by atoms with Crippen LogP contribution in [0.3, 0.4) is 0 Å². The van der Waals surface area contributed by atoms with E-state index in [1.54, 1.807) is 4.90 Å². The summed E-state index contributed by atoms with van der Waals surface area (Å²) in [5, 5.41) is 0. The zero-order valence-corrected chi connectivity index (χ0v) is 11.0. The van der Waals surface area contributed by atoms with Crippen LogP contribution in [0.4, 0.5) is 0 Å². The van der Waals surface area contributed by atoms with E-state index in [1.807, 2.05) is 0 Å². The smallest absolute Gasteiger partial charge is 0.233 e. The predicted molar refractivity (Wildman–Crippen MR) is 67.5 cm³/mol. The second-order valence-corrected chi connectivity index (χ2v) is 6.40. The summed E-state index contributed by atoms with van der Waals surface area (Å²) in [6.45, 7) is 2.14. The van der Waals surface area contributed by atoms with Gasteiger partial charge in [0.05, 0.1) is 11.8 Å². The molecule has 2 N–H and O–H groups in total. The Morgan fingerprint density at radius 3 is 2.00 bits per heavy atom. The van der Waals surface area contributed by atoms with E-state index in [4.69, 9.17) is 5.73 Å². The number of likely N-dealkylation sites (tertiary alicyclic amines) is 1. The molecule has 1 aliphatic heterocycles. The lowest BCUT2D eigenvalue weighted by Gasteiger charge is -2.32. The van der Waals surface area contributed by atoms with Gasteiger partial charge in [0.15, 0.2) is 0 Å². The molecule has 1 saturated heterocycles. The number of imide groups is 1. The van der Waals surface area contributed by atoms with Crippen LogP contribution in [0, 0.1) is 17.8 Å². The quantitative estimate of drug-likeness (QED) is 0.713. The monoisotopic (exact) mass is 250 g/mol. The summed E-state index contributed by atoms with van der Waals surface area (Å²) >= 11 is 0.